The number of carbonyl (C=O) groups is 2. The normalized spacial score (nSPS) is 17.2. The third kappa shape index (κ3) is 5.17. The van der Waals surface area contributed by atoms with E-state index in [-0.39, 0.29) is 36.7 Å². The highest BCUT2D eigenvalue weighted by Crippen LogP contribution is 2.19. The van der Waals surface area contributed by atoms with E-state index in [1.54, 1.807) is 16.8 Å². The lowest BCUT2D eigenvalue weighted by molar-refractivity contribution is -0.385. The number of hydrogen-bond acceptors (Lipinski definition) is 6. The number of ether oxygens (including phenoxy) is 1. The number of nitro groups is 1. The van der Waals surface area contributed by atoms with Crippen molar-refractivity contribution in [2.24, 2.45) is 0 Å². The monoisotopic (exact) mass is 367 g/mol. The SMILES string of the molecule is CN(C(=O)CCn1cc([N+](=O)[O-])cn1)[C@H]1CCN(C(=O)OC(C)(C)C)C1. The average Bonchev–Trinajstić information content (AvgIpc) is 3.19. The summed E-state index contributed by atoms with van der Waals surface area (Å²) in [4.78, 5) is 37.8. The summed E-state index contributed by atoms with van der Waals surface area (Å²) in [7, 11) is 1.71. The minimum Gasteiger partial charge on any atom is -0.444 e. The third-order valence-corrected chi connectivity index (χ3v) is 4.14. The molecule has 0 unspecified atom stereocenters. The molecule has 26 heavy (non-hydrogen) atoms. The van der Waals surface area contributed by atoms with Gasteiger partial charge in [-0.15, -0.1) is 0 Å². The van der Waals surface area contributed by atoms with Crippen LogP contribution in [0.2, 0.25) is 0 Å². The van der Waals surface area contributed by atoms with Crippen LogP contribution in [-0.4, -0.2) is 68.3 Å². The van der Waals surface area contributed by atoms with Crippen LogP contribution >= 0.6 is 0 Å². The lowest BCUT2D eigenvalue weighted by atomic mass is 10.2. The standard InChI is InChI=1S/C16H25N5O5/c1-16(2,3)26-15(23)19-7-5-12(10-19)18(4)14(22)6-8-20-11-13(9-17-20)21(24)25/h9,11-12H,5-8,10H2,1-4H3/t12-/m0/s1. The summed E-state index contributed by atoms with van der Waals surface area (Å²) in [6.07, 6.45) is 2.95. The van der Waals surface area contributed by atoms with E-state index >= 15 is 0 Å². The molecule has 2 amide bonds. The Balaban J connectivity index is 1.82. The zero-order chi connectivity index (χ0) is 19.5. The Hall–Kier alpha value is -2.65. The van der Waals surface area contributed by atoms with Crippen molar-refractivity contribution in [3.8, 4) is 0 Å². The molecule has 1 aromatic rings. The Bertz CT molecular complexity index is 681. The predicted octanol–water partition coefficient (Wildman–Crippen LogP) is 1.65. The highest BCUT2D eigenvalue weighted by atomic mass is 16.6. The average molecular weight is 367 g/mol. The molecular weight excluding hydrogens is 342 g/mol. The van der Waals surface area contributed by atoms with Gasteiger partial charge in [-0.1, -0.05) is 0 Å². The van der Waals surface area contributed by atoms with Crippen molar-refractivity contribution >= 4 is 17.7 Å². The quantitative estimate of drug-likeness (QED) is 0.578. The number of rotatable bonds is 5. The lowest BCUT2D eigenvalue weighted by Gasteiger charge is -2.26. The molecule has 0 saturated carbocycles. The first-order chi connectivity index (χ1) is 12.1. The maximum atomic E-state index is 12.4. The minimum absolute atomic E-state index is 0.0676. The van der Waals surface area contributed by atoms with E-state index in [4.69, 9.17) is 4.74 Å². The molecule has 10 nitrogen and oxygen atoms in total. The van der Waals surface area contributed by atoms with Crippen LogP contribution in [0.5, 0.6) is 0 Å². The molecule has 2 heterocycles. The van der Waals surface area contributed by atoms with E-state index in [1.165, 1.54) is 10.9 Å². The van der Waals surface area contributed by atoms with Gasteiger partial charge < -0.3 is 14.5 Å². The maximum Gasteiger partial charge on any atom is 0.410 e. The van der Waals surface area contributed by atoms with Gasteiger partial charge in [0.2, 0.25) is 5.91 Å². The molecule has 0 radical (unpaired) electrons. The number of nitrogens with zero attached hydrogens (tertiary/aromatic N) is 5. The summed E-state index contributed by atoms with van der Waals surface area (Å²) in [5.41, 5.74) is -0.655. The zero-order valence-corrected chi connectivity index (χ0v) is 15.5. The summed E-state index contributed by atoms with van der Waals surface area (Å²) in [6, 6.07) is -0.0676. The molecular formula is C16H25N5O5. The number of carbonyl (C=O) groups excluding carboxylic acids is 2. The van der Waals surface area contributed by atoms with Crippen molar-refractivity contribution in [3.05, 3.63) is 22.5 Å². The Morgan fingerprint density at radius 2 is 2.15 bits per heavy atom. The van der Waals surface area contributed by atoms with E-state index in [1.807, 2.05) is 20.8 Å². The van der Waals surface area contributed by atoms with E-state index in [9.17, 15) is 19.7 Å². The molecule has 0 aliphatic carbocycles. The molecule has 0 spiro atoms. The van der Waals surface area contributed by atoms with Gasteiger partial charge in [-0.25, -0.2) is 4.79 Å². The van der Waals surface area contributed by atoms with Gasteiger partial charge in [-0.3, -0.25) is 19.6 Å². The molecule has 1 aliphatic rings. The van der Waals surface area contributed by atoms with Crippen molar-refractivity contribution in [1.29, 1.82) is 0 Å². The van der Waals surface area contributed by atoms with Gasteiger partial charge in [0.15, 0.2) is 0 Å². The number of aromatic nitrogens is 2. The molecule has 1 aliphatic heterocycles. The van der Waals surface area contributed by atoms with Crippen LogP contribution in [0.25, 0.3) is 0 Å². The number of likely N-dealkylation sites (tertiary alicyclic amines) is 1. The lowest BCUT2D eigenvalue weighted by Crippen LogP contribution is -2.41. The highest BCUT2D eigenvalue weighted by Gasteiger charge is 2.33. The van der Waals surface area contributed by atoms with Crippen molar-refractivity contribution in [1.82, 2.24) is 19.6 Å². The number of likely N-dealkylation sites (N-methyl/N-ethyl adjacent to an activating group) is 1. The molecule has 2 rings (SSSR count). The van der Waals surface area contributed by atoms with Gasteiger partial charge in [0.05, 0.1) is 11.0 Å². The number of hydrogen-bond donors (Lipinski definition) is 0. The Kier molecular flexibility index (Phi) is 5.83. The maximum absolute atomic E-state index is 12.4. The molecule has 0 aromatic carbocycles. The van der Waals surface area contributed by atoms with Crippen molar-refractivity contribution in [2.75, 3.05) is 20.1 Å². The van der Waals surface area contributed by atoms with Crippen LogP contribution in [-0.2, 0) is 16.1 Å². The molecule has 144 valence electrons. The van der Waals surface area contributed by atoms with Crippen LogP contribution in [0.15, 0.2) is 12.4 Å². The second-order valence-corrected chi connectivity index (χ2v) is 7.34. The van der Waals surface area contributed by atoms with Crippen molar-refractivity contribution in [3.63, 3.8) is 0 Å². The molecule has 1 fully saturated rings. The Morgan fingerprint density at radius 3 is 2.73 bits per heavy atom. The summed E-state index contributed by atoms with van der Waals surface area (Å²) >= 11 is 0. The van der Waals surface area contributed by atoms with Crippen LogP contribution in [0.3, 0.4) is 0 Å². The van der Waals surface area contributed by atoms with E-state index in [2.05, 4.69) is 5.10 Å². The smallest absolute Gasteiger partial charge is 0.410 e. The van der Waals surface area contributed by atoms with Crippen LogP contribution in [0.4, 0.5) is 10.5 Å². The second kappa shape index (κ2) is 7.71. The molecule has 1 aromatic heterocycles. The van der Waals surface area contributed by atoms with E-state index < -0.39 is 10.5 Å². The number of amides is 2. The first-order valence-corrected chi connectivity index (χ1v) is 8.47. The molecule has 0 N–H and O–H groups in total. The van der Waals surface area contributed by atoms with Crippen LogP contribution in [0.1, 0.15) is 33.6 Å². The first-order valence-electron chi connectivity index (χ1n) is 8.47. The van der Waals surface area contributed by atoms with Gasteiger partial charge in [0, 0.05) is 33.1 Å². The third-order valence-electron chi connectivity index (χ3n) is 4.14. The largest absolute Gasteiger partial charge is 0.444 e. The van der Waals surface area contributed by atoms with Crippen LogP contribution in [0, 0.1) is 10.1 Å². The van der Waals surface area contributed by atoms with E-state index in [0.717, 1.165) is 6.20 Å². The first kappa shape index (κ1) is 19.7. The van der Waals surface area contributed by atoms with Gasteiger partial charge in [0.25, 0.3) is 0 Å². The van der Waals surface area contributed by atoms with E-state index in [0.29, 0.717) is 19.5 Å². The predicted molar refractivity (Wildman–Crippen MR) is 92.5 cm³/mol. The zero-order valence-electron chi connectivity index (χ0n) is 15.5. The summed E-state index contributed by atoms with van der Waals surface area (Å²) < 4.78 is 6.73. The summed E-state index contributed by atoms with van der Waals surface area (Å²) in [5, 5.41) is 14.5. The van der Waals surface area contributed by atoms with Gasteiger partial charge >= 0.3 is 11.8 Å². The van der Waals surface area contributed by atoms with Gasteiger partial charge in [-0.2, -0.15) is 5.10 Å². The van der Waals surface area contributed by atoms with Gasteiger partial charge in [-0.05, 0) is 27.2 Å². The minimum atomic E-state index is -0.552. The summed E-state index contributed by atoms with van der Waals surface area (Å²) in [6.45, 7) is 6.68. The molecule has 1 saturated heterocycles. The fourth-order valence-electron chi connectivity index (χ4n) is 2.71. The fourth-order valence-corrected chi connectivity index (χ4v) is 2.71. The molecule has 0 bridgehead atoms. The Morgan fingerprint density at radius 1 is 1.46 bits per heavy atom. The topological polar surface area (TPSA) is 111 Å². The van der Waals surface area contributed by atoms with Crippen LogP contribution < -0.4 is 0 Å². The highest BCUT2D eigenvalue weighted by molar-refractivity contribution is 5.76. The molecule has 1 atom stereocenters. The van der Waals surface area contributed by atoms with Gasteiger partial charge in [0.1, 0.15) is 18.0 Å². The van der Waals surface area contributed by atoms with Crippen molar-refractivity contribution in [2.45, 2.75) is 51.8 Å². The second-order valence-electron chi connectivity index (χ2n) is 7.34. The summed E-state index contributed by atoms with van der Waals surface area (Å²) in [5.74, 6) is -0.0980. The molecule has 10 heteroatoms. The number of aryl methyl sites for hydroxylation is 1. The fraction of sp³-hybridized carbons (Fsp3) is 0.688. The Labute approximate surface area is 151 Å². The van der Waals surface area contributed by atoms with Crippen molar-refractivity contribution < 1.29 is 19.2 Å².